The van der Waals surface area contributed by atoms with Gasteiger partial charge in [0.15, 0.2) is 0 Å². The average molecular weight is 512 g/mol. The fourth-order valence-corrected chi connectivity index (χ4v) is 3.28. The molecule has 1 aliphatic heterocycles. The molecule has 0 saturated carbocycles. The summed E-state index contributed by atoms with van der Waals surface area (Å²) in [6.07, 6.45) is 4.11. The van der Waals surface area contributed by atoms with Crippen LogP contribution in [0.3, 0.4) is 0 Å². The molecule has 0 bridgehead atoms. The van der Waals surface area contributed by atoms with Gasteiger partial charge in [-0.25, -0.2) is 18.8 Å². The van der Waals surface area contributed by atoms with Gasteiger partial charge in [-0.2, -0.15) is 8.78 Å². The largest absolute Gasteiger partial charge is 0.434 e. The predicted molar refractivity (Wildman–Crippen MR) is 135 cm³/mol. The minimum absolute atomic E-state index is 0.0270. The second-order valence-electron chi connectivity index (χ2n) is 8.35. The van der Waals surface area contributed by atoms with Crippen molar-refractivity contribution in [1.29, 1.82) is 0 Å². The van der Waals surface area contributed by atoms with Crippen LogP contribution in [-0.4, -0.2) is 61.0 Å². The van der Waals surface area contributed by atoms with E-state index in [0.717, 1.165) is 32.0 Å². The number of nitrogens with two attached hydrogens (primary N) is 2. The Labute approximate surface area is 208 Å². The molecule has 0 spiro atoms. The lowest BCUT2D eigenvalue weighted by atomic mass is 10.1. The van der Waals surface area contributed by atoms with E-state index in [1.54, 1.807) is 6.92 Å². The van der Waals surface area contributed by atoms with Crippen molar-refractivity contribution in [2.24, 2.45) is 21.5 Å². The third-order valence-corrected chi connectivity index (χ3v) is 5.55. The summed E-state index contributed by atoms with van der Waals surface area (Å²) in [7, 11) is 1.99. The maximum absolute atomic E-state index is 13.2. The highest BCUT2D eigenvalue weighted by molar-refractivity contribution is 6.10. The van der Waals surface area contributed by atoms with Gasteiger partial charge >= 0.3 is 6.61 Å². The Bertz CT molecular complexity index is 1050. The van der Waals surface area contributed by atoms with Crippen molar-refractivity contribution in [2.75, 3.05) is 25.5 Å². The lowest BCUT2D eigenvalue weighted by Crippen LogP contribution is -2.15. The fourth-order valence-electron chi connectivity index (χ4n) is 3.28. The Morgan fingerprint density at radius 3 is 2.61 bits per heavy atom. The number of ether oxygens (including phenoxy) is 1. The summed E-state index contributed by atoms with van der Waals surface area (Å²) >= 11 is 0. The van der Waals surface area contributed by atoms with Crippen LogP contribution in [0.1, 0.15) is 39.2 Å². The van der Waals surface area contributed by atoms with Gasteiger partial charge in [0.1, 0.15) is 17.4 Å². The highest BCUT2D eigenvalue weighted by Gasteiger charge is 2.19. The van der Waals surface area contributed by atoms with Crippen molar-refractivity contribution in [3.05, 3.63) is 47.2 Å². The van der Waals surface area contributed by atoms with Crippen molar-refractivity contribution < 1.29 is 22.3 Å². The second-order valence-corrected chi connectivity index (χ2v) is 8.35. The van der Waals surface area contributed by atoms with E-state index in [9.17, 15) is 17.6 Å². The molecule has 198 valence electrons. The molecule has 1 fully saturated rings. The van der Waals surface area contributed by atoms with Gasteiger partial charge in [-0.05, 0) is 40.3 Å². The highest BCUT2D eigenvalue weighted by atomic mass is 19.3. The van der Waals surface area contributed by atoms with E-state index < -0.39 is 18.7 Å². The molecule has 1 atom stereocenters. The van der Waals surface area contributed by atoms with E-state index in [4.69, 9.17) is 16.2 Å². The maximum atomic E-state index is 13.2. The highest BCUT2D eigenvalue weighted by Crippen LogP contribution is 2.29. The van der Waals surface area contributed by atoms with Gasteiger partial charge in [-0.15, -0.1) is 0 Å². The second kappa shape index (κ2) is 13.6. The molecule has 0 radical (unpaired) electrons. The van der Waals surface area contributed by atoms with Crippen molar-refractivity contribution in [2.45, 2.75) is 52.7 Å². The van der Waals surface area contributed by atoms with Gasteiger partial charge in [0.2, 0.25) is 0 Å². The molecule has 5 N–H and O–H groups in total. The van der Waals surface area contributed by atoms with Crippen molar-refractivity contribution in [1.82, 2.24) is 9.88 Å². The third-order valence-electron chi connectivity index (χ3n) is 5.55. The van der Waals surface area contributed by atoms with Crippen LogP contribution in [0.2, 0.25) is 0 Å². The summed E-state index contributed by atoms with van der Waals surface area (Å²) in [5.74, 6) is -0.238. The summed E-state index contributed by atoms with van der Waals surface area (Å²) in [6, 6.07) is 1.27. The number of hydrogen-bond donors (Lipinski definition) is 3. The summed E-state index contributed by atoms with van der Waals surface area (Å²) in [6.45, 7) is 3.40. The molecule has 1 unspecified atom stereocenters. The summed E-state index contributed by atoms with van der Waals surface area (Å²) in [5, 5.41) is 2.75. The number of anilines is 1. The molecule has 1 aromatic rings. The van der Waals surface area contributed by atoms with Crippen LogP contribution < -0.4 is 21.5 Å². The van der Waals surface area contributed by atoms with E-state index in [2.05, 4.69) is 25.2 Å². The smallest absolute Gasteiger partial charge is 0.387 e. The molecule has 12 heteroatoms. The zero-order valence-electron chi connectivity index (χ0n) is 20.8. The Morgan fingerprint density at radius 1 is 1.33 bits per heavy atom. The zero-order valence-corrected chi connectivity index (χ0v) is 20.8. The van der Waals surface area contributed by atoms with Crippen LogP contribution in [0, 0.1) is 0 Å². The van der Waals surface area contributed by atoms with Crippen LogP contribution in [0.5, 0.6) is 5.75 Å². The van der Waals surface area contributed by atoms with Crippen molar-refractivity contribution in [3.8, 4) is 5.75 Å². The molecular weight excluding hydrogens is 478 g/mol. The van der Waals surface area contributed by atoms with E-state index in [0.29, 0.717) is 17.7 Å². The minimum Gasteiger partial charge on any atom is -0.434 e. The number of halogens is 4. The molecule has 2 heterocycles. The number of hydrogen-bond acceptors (Lipinski definition) is 8. The number of likely N-dealkylation sites (N-methyl/N-ethyl adjacent to an activating group) is 1. The number of nitrogens with zero attached hydrogens (tertiary/aromatic N) is 4. The Hall–Kier alpha value is -3.41. The predicted octanol–water partition coefficient (Wildman–Crippen LogP) is 4.38. The molecule has 2 rings (SSSR count). The van der Waals surface area contributed by atoms with Crippen LogP contribution in [0.4, 0.5) is 23.4 Å². The SMILES string of the molecule is CC/C(C)=C(N)/C=C(\N=C(/C)C(F)F)Nc1cc(OC(F)F)c(/C(C=NC2CCN(C)C2)=C/N)cn1. The summed E-state index contributed by atoms with van der Waals surface area (Å²) in [5.41, 5.74) is 13.0. The molecule has 8 nitrogen and oxygen atoms in total. The average Bonchev–Trinajstić information content (AvgIpc) is 3.24. The number of pyridine rings is 1. The minimum atomic E-state index is -3.13. The number of likely N-dealkylation sites (tertiary alicyclic amines) is 1. The number of alkyl halides is 4. The van der Waals surface area contributed by atoms with E-state index in [1.165, 1.54) is 30.8 Å². The lowest BCUT2D eigenvalue weighted by Gasteiger charge is -2.14. The summed E-state index contributed by atoms with van der Waals surface area (Å²) < 4.78 is 57.3. The lowest BCUT2D eigenvalue weighted by molar-refractivity contribution is -0.0500. The molecule has 0 amide bonds. The topological polar surface area (TPSA) is 114 Å². The van der Waals surface area contributed by atoms with Crippen LogP contribution in [0.15, 0.2) is 51.6 Å². The Kier molecular flexibility index (Phi) is 10.9. The van der Waals surface area contributed by atoms with Gasteiger partial charge in [0, 0.05) is 54.1 Å². The summed E-state index contributed by atoms with van der Waals surface area (Å²) in [4.78, 5) is 14.7. The fraction of sp³-hybridized carbons (Fsp3) is 0.458. The van der Waals surface area contributed by atoms with Crippen molar-refractivity contribution >= 4 is 23.3 Å². The first-order chi connectivity index (χ1) is 17.0. The van der Waals surface area contributed by atoms with Crippen LogP contribution in [-0.2, 0) is 0 Å². The van der Waals surface area contributed by atoms with Gasteiger partial charge in [-0.3, -0.25) is 4.99 Å². The van der Waals surface area contributed by atoms with E-state index in [1.807, 2.05) is 14.0 Å². The Morgan fingerprint density at radius 2 is 2.06 bits per heavy atom. The monoisotopic (exact) mass is 511 g/mol. The molecule has 0 aliphatic carbocycles. The van der Waals surface area contributed by atoms with Gasteiger partial charge in [0.05, 0.1) is 11.8 Å². The molecule has 1 saturated heterocycles. The molecule has 1 aromatic heterocycles. The van der Waals surface area contributed by atoms with E-state index in [-0.39, 0.29) is 29.0 Å². The number of nitrogens with one attached hydrogen (secondary N) is 1. The molecule has 1 aliphatic rings. The first kappa shape index (κ1) is 28.8. The first-order valence-electron chi connectivity index (χ1n) is 11.4. The van der Waals surface area contributed by atoms with Crippen molar-refractivity contribution in [3.63, 3.8) is 0 Å². The zero-order chi connectivity index (χ0) is 26.8. The number of rotatable bonds is 11. The van der Waals surface area contributed by atoms with Gasteiger partial charge < -0.3 is 26.4 Å². The van der Waals surface area contributed by atoms with E-state index >= 15 is 0 Å². The normalized spacial score (nSPS) is 18.9. The number of allylic oxidation sites excluding steroid dienone is 3. The standard InChI is InChI=1S/C24H33F4N7O/c1-5-14(2)19(30)8-22(33-15(3)23(25)26)34-21-9-20(36-24(27)28)18(12-32-21)16(10-29)11-31-17-6-7-35(4)13-17/h8-12,17,23-24H,5-7,13,29-30H2,1-4H3,(H,32,34)/b16-10+,19-14-,22-8+,31-11?,33-15+. The molecular formula is C24H33F4N7O. The quantitative estimate of drug-likeness (QED) is 0.231. The Balaban J connectivity index is 2.43. The number of aliphatic imine (C=N–C) groups is 2. The van der Waals surface area contributed by atoms with Gasteiger partial charge in [0.25, 0.3) is 6.43 Å². The molecule has 36 heavy (non-hydrogen) atoms. The first-order valence-corrected chi connectivity index (χ1v) is 11.4. The maximum Gasteiger partial charge on any atom is 0.387 e. The van der Waals surface area contributed by atoms with Gasteiger partial charge in [-0.1, -0.05) is 12.5 Å². The van der Waals surface area contributed by atoms with Crippen LogP contribution >= 0.6 is 0 Å². The van der Waals surface area contributed by atoms with Crippen LogP contribution in [0.25, 0.3) is 5.57 Å². The molecule has 0 aromatic carbocycles. The number of aromatic nitrogens is 1. The third kappa shape index (κ3) is 8.67.